The van der Waals surface area contributed by atoms with E-state index in [1.165, 1.54) is 0 Å². The van der Waals surface area contributed by atoms with Crippen LogP contribution >= 0.6 is 0 Å². The summed E-state index contributed by atoms with van der Waals surface area (Å²) in [4.78, 5) is 0. The number of aromatic hydroxyl groups is 2. The molecule has 0 aliphatic heterocycles. The lowest BCUT2D eigenvalue weighted by Gasteiger charge is -2.30. The quantitative estimate of drug-likeness (QED) is 0.499. The van der Waals surface area contributed by atoms with Crippen LogP contribution in [0.2, 0.25) is 0 Å². The molecule has 0 aromatic heterocycles. The van der Waals surface area contributed by atoms with Gasteiger partial charge in [0.25, 0.3) is 0 Å². The van der Waals surface area contributed by atoms with Gasteiger partial charge >= 0.3 is 0 Å². The Hall–Kier alpha value is -1.96. The highest BCUT2D eigenvalue weighted by Gasteiger charge is 2.28. The zero-order valence-electron chi connectivity index (χ0n) is 22.8. The third-order valence-electron chi connectivity index (χ3n) is 6.91. The van der Waals surface area contributed by atoms with E-state index in [4.69, 9.17) is 0 Å². The molecule has 0 radical (unpaired) electrons. The molecule has 2 nitrogen and oxygen atoms in total. The van der Waals surface area contributed by atoms with E-state index in [-0.39, 0.29) is 21.7 Å². The average Bonchev–Trinajstić information content (AvgIpc) is 2.66. The fourth-order valence-corrected chi connectivity index (χ4v) is 3.77. The van der Waals surface area contributed by atoms with Crippen LogP contribution in [0.3, 0.4) is 0 Å². The molecule has 0 heterocycles. The minimum absolute atomic E-state index is 0.00859. The van der Waals surface area contributed by atoms with E-state index in [1.807, 2.05) is 30.3 Å². The highest BCUT2D eigenvalue weighted by molar-refractivity contribution is 5.48. The van der Waals surface area contributed by atoms with Crippen molar-refractivity contribution >= 4 is 0 Å². The van der Waals surface area contributed by atoms with Crippen LogP contribution in [0.5, 0.6) is 11.5 Å². The van der Waals surface area contributed by atoms with Gasteiger partial charge in [-0.05, 0) is 56.8 Å². The topological polar surface area (TPSA) is 40.5 Å². The number of rotatable bonds is 4. The predicted octanol–water partition coefficient (Wildman–Crippen LogP) is 8.75. The van der Waals surface area contributed by atoms with Crippen molar-refractivity contribution in [3.05, 3.63) is 58.7 Å². The van der Waals surface area contributed by atoms with E-state index in [1.54, 1.807) is 0 Å². The van der Waals surface area contributed by atoms with E-state index < -0.39 is 0 Å². The van der Waals surface area contributed by atoms with Crippen molar-refractivity contribution in [2.24, 2.45) is 0 Å². The molecule has 0 saturated carbocycles. The summed E-state index contributed by atoms with van der Waals surface area (Å²) in [5, 5.41) is 20.8. The fourth-order valence-electron chi connectivity index (χ4n) is 3.77. The van der Waals surface area contributed by atoms with Gasteiger partial charge in [0.2, 0.25) is 0 Å². The van der Waals surface area contributed by atoms with Crippen molar-refractivity contribution in [1.82, 2.24) is 0 Å². The molecule has 2 aromatic carbocycles. The van der Waals surface area contributed by atoms with Crippen LogP contribution < -0.4 is 0 Å². The molecule has 0 saturated heterocycles. The van der Waals surface area contributed by atoms with Gasteiger partial charge in [-0.1, -0.05) is 119 Å². The molecule has 0 fully saturated rings. The summed E-state index contributed by atoms with van der Waals surface area (Å²) in [7, 11) is 0. The Morgan fingerprint density at radius 2 is 0.750 bits per heavy atom. The number of phenols is 2. The van der Waals surface area contributed by atoms with E-state index in [0.717, 1.165) is 35.1 Å². The van der Waals surface area contributed by atoms with Gasteiger partial charge in [0.15, 0.2) is 0 Å². The number of hydrogen-bond acceptors (Lipinski definition) is 2. The molecule has 0 atom stereocenters. The van der Waals surface area contributed by atoms with Crippen LogP contribution in [-0.2, 0) is 21.7 Å². The maximum absolute atomic E-state index is 10.5. The Morgan fingerprint density at radius 3 is 1.00 bits per heavy atom. The molecule has 2 rings (SSSR count). The summed E-state index contributed by atoms with van der Waals surface area (Å²) in [6, 6.07) is 12.2. The first kappa shape index (κ1) is 28.1. The van der Waals surface area contributed by atoms with Gasteiger partial charge < -0.3 is 10.2 Å². The first-order chi connectivity index (χ1) is 14.4. The average molecular weight is 441 g/mol. The third-order valence-corrected chi connectivity index (χ3v) is 6.91. The molecule has 0 aliphatic rings. The second-order valence-electron chi connectivity index (χ2n) is 12.4. The number of phenolic OH excluding ortho intramolecular Hbond substituents is 2. The Balaban J connectivity index is 0.000000323. The zero-order valence-corrected chi connectivity index (χ0v) is 22.8. The number of hydrogen-bond donors (Lipinski definition) is 2. The van der Waals surface area contributed by atoms with Crippen molar-refractivity contribution in [3.8, 4) is 11.5 Å². The highest BCUT2D eigenvalue weighted by atomic mass is 16.3. The normalized spacial score (nSPS) is 12.9. The second kappa shape index (κ2) is 9.89. The van der Waals surface area contributed by atoms with E-state index in [2.05, 4.69) is 89.2 Å². The highest BCUT2D eigenvalue weighted by Crippen LogP contribution is 2.41. The van der Waals surface area contributed by atoms with Gasteiger partial charge in [0, 0.05) is 0 Å². The van der Waals surface area contributed by atoms with Crippen molar-refractivity contribution in [3.63, 3.8) is 0 Å². The van der Waals surface area contributed by atoms with E-state index in [0.29, 0.717) is 11.5 Å². The van der Waals surface area contributed by atoms with Gasteiger partial charge in [0.1, 0.15) is 11.5 Å². The standard InChI is InChI=1S/C16H26O.C14H22O/c1-7-15(3,4)12-10-9-11-13(14(12)17)16(5,6)8-2;1-13(2,3)10-8-7-9-11(12(10)15)14(4,5)6/h9-11,17H,7-8H2,1-6H3;7-9,15H,1-6H3. The van der Waals surface area contributed by atoms with Gasteiger partial charge in [-0.2, -0.15) is 0 Å². The maximum atomic E-state index is 10.5. The van der Waals surface area contributed by atoms with Crippen LogP contribution in [0.25, 0.3) is 0 Å². The molecule has 0 amide bonds. The summed E-state index contributed by atoms with van der Waals surface area (Å²) in [6.45, 7) is 25.8. The first-order valence-electron chi connectivity index (χ1n) is 12.1. The van der Waals surface area contributed by atoms with Crippen LogP contribution in [0.4, 0.5) is 0 Å². The van der Waals surface area contributed by atoms with Gasteiger partial charge in [0.05, 0.1) is 0 Å². The predicted molar refractivity (Wildman–Crippen MR) is 140 cm³/mol. The molecular weight excluding hydrogens is 392 g/mol. The largest absolute Gasteiger partial charge is 0.507 e. The third kappa shape index (κ3) is 6.53. The lowest BCUT2D eigenvalue weighted by Crippen LogP contribution is -2.20. The Bertz CT molecular complexity index is 824. The molecule has 180 valence electrons. The fraction of sp³-hybridized carbons (Fsp3) is 0.600. The molecule has 0 unspecified atom stereocenters. The molecule has 0 aliphatic carbocycles. The molecule has 2 aromatic rings. The minimum Gasteiger partial charge on any atom is -0.507 e. The first-order valence-corrected chi connectivity index (χ1v) is 12.1. The van der Waals surface area contributed by atoms with Crippen LogP contribution in [0.1, 0.15) is 118 Å². The summed E-state index contributed by atoms with van der Waals surface area (Å²) in [5.74, 6) is 0.948. The molecule has 0 bridgehead atoms. The van der Waals surface area contributed by atoms with Crippen molar-refractivity contribution in [2.75, 3.05) is 0 Å². The Kier molecular flexibility index (Phi) is 8.68. The van der Waals surface area contributed by atoms with E-state index >= 15 is 0 Å². The molecule has 2 N–H and O–H groups in total. The number of benzene rings is 2. The maximum Gasteiger partial charge on any atom is 0.123 e. The van der Waals surface area contributed by atoms with Crippen molar-refractivity contribution < 1.29 is 10.2 Å². The van der Waals surface area contributed by atoms with Crippen LogP contribution in [-0.4, -0.2) is 10.2 Å². The minimum atomic E-state index is -0.00859. The summed E-state index contributed by atoms with van der Waals surface area (Å²) in [6.07, 6.45) is 2.05. The van der Waals surface area contributed by atoms with Crippen LogP contribution in [0.15, 0.2) is 36.4 Å². The van der Waals surface area contributed by atoms with Gasteiger partial charge in [-0.3, -0.25) is 0 Å². The molecular formula is C30H48O2. The van der Waals surface area contributed by atoms with Crippen molar-refractivity contribution in [1.29, 1.82) is 0 Å². The zero-order chi connectivity index (χ0) is 25.1. The van der Waals surface area contributed by atoms with Crippen LogP contribution in [0, 0.1) is 0 Å². The van der Waals surface area contributed by atoms with Gasteiger partial charge in [-0.15, -0.1) is 0 Å². The molecule has 0 spiro atoms. The SMILES string of the molecule is CC(C)(C)c1cccc(C(C)(C)C)c1O.CCC(C)(C)c1cccc(C(C)(C)CC)c1O. The summed E-state index contributed by atoms with van der Waals surface area (Å²) in [5.41, 5.74) is 4.23. The van der Waals surface area contributed by atoms with E-state index in [9.17, 15) is 10.2 Å². The summed E-state index contributed by atoms with van der Waals surface area (Å²) < 4.78 is 0. The summed E-state index contributed by atoms with van der Waals surface area (Å²) >= 11 is 0. The second-order valence-corrected chi connectivity index (χ2v) is 12.4. The Labute approximate surface area is 198 Å². The number of para-hydroxylation sites is 2. The molecule has 32 heavy (non-hydrogen) atoms. The lowest BCUT2D eigenvalue weighted by molar-refractivity contribution is 0.400. The monoisotopic (exact) mass is 440 g/mol. The van der Waals surface area contributed by atoms with Crippen molar-refractivity contribution in [2.45, 2.75) is 118 Å². The Morgan fingerprint density at radius 1 is 0.500 bits per heavy atom. The smallest absolute Gasteiger partial charge is 0.123 e. The van der Waals surface area contributed by atoms with Gasteiger partial charge in [-0.25, -0.2) is 0 Å². The lowest BCUT2D eigenvalue weighted by atomic mass is 9.76. The molecule has 2 heteroatoms.